The van der Waals surface area contributed by atoms with E-state index < -0.39 is 0 Å². The van der Waals surface area contributed by atoms with E-state index in [1.165, 1.54) is 6.20 Å². The predicted molar refractivity (Wildman–Crippen MR) is 61.0 cm³/mol. The minimum Gasteiger partial charge on any atom is -0.319 e. The van der Waals surface area contributed by atoms with Gasteiger partial charge in [0.1, 0.15) is 4.60 Å². The van der Waals surface area contributed by atoms with Gasteiger partial charge in [-0.2, -0.15) is 15.4 Å². The Labute approximate surface area is 99.6 Å². The lowest BCUT2D eigenvalue weighted by molar-refractivity contribution is 0.102. The number of anilines is 1. The molecule has 0 radical (unpaired) electrons. The first-order valence-corrected chi connectivity index (χ1v) is 5.25. The van der Waals surface area contributed by atoms with Gasteiger partial charge >= 0.3 is 0 Å². The molecule has 16 heavy (non-hydrogen) atoms. The Morgan fingerprint density at radius 2 is 2.31 bits per heavy atom. The maximum Gasteiger partial charge on any atom is 0.277 e. The van der Waals surface area contributed by atoms with Gasteiger partial charge in [0, 0.05) is 0 Å². The molecule has 2 heterocycles. The molecule has 0 atom stereocenters. The molecule has 0 saturated carbocycles. The Balaban J connectivity index is 2.15. The number of aryl methyl sites for hydroxylation is 1. The van der Waals surface area contributed by atoms with Crippen molar-refractivity contribution in [2.24, 2.45) is 0 Å². The molecule has 0 bridgehead atoms. The van der Waals surface area contributed by atoms with E-state index in [2.05, 4.69) is 41.6 Å². The molecule has 0 fully saturated rings. The minimum atomic E-state index is -0.322. The van der Waals surface area contributed by atoms with Gasteiger partial charge < -0.3 is 5.32 Å². The van der Waals surface area contributed by atoms with E-state index in [0.29, 0.717) is 5.69 Å². The minimum absolute atomic E-state index is 0.237. The van der Waals surface area contributed by atoms with Gasteiger partial charge in [0.05, 0.1) is 18.1 Å². The molecule has 7 heteroatoms. The largest absolute Gasteiger partial charge is 0.319 e. The average molecular weight is 282 g/mol. The molecule has 0 aromatic carbocycles. The van der Waals surface area contributed by atoms with E-state index in [1.54, 1.807) is 6.20 Å². The highest BCUT2D eigenvalue weighted by molar-refractivity contribution is 9.10. The molecule has 2 N–H and O–H groups in total. The number of nitrogens with one attached hydrogen (secondary N) is 2. The highest BCUT2D eigenvalue weighted by atomic mass is 79.9. The zero-order valence-corrected chi connectivity index (χ0v) is 9.95. The summed E-state index contributed by atoms with van der Waals surface area (Å²) >= 11 is 3.28. The molecular formula is C9H8BrN5O. The van der Waals surface area contributed by atoms with Crippen molar-refractivity contribution in [2.45, 2.75) is 6.92 Å². The monoisotopic (exact) mass is 281 g/mol. The number of amides is 1. The van der Waals surface area contributed by atoms with Crippen molar-refractivity contribution >= 4 is 27.5 Å². The summed E-state index contributed by atoms with van der Waals surface area (Å²) in [5.41, 5.74) is 1.80. The summed E-state index contributed by atoms with van der Waals surface area (Å²) < 4.78 is 0.756. The predicted octanol–water partition coefficient (Wildman–Crippen LogP) is 1.52. The Morgan fingerprint density at radius 1 is 1.50 bits per heavy atom. The van der Waals surface area contributed by atoms with Crippen LogP contribution in [0, 0.1) is 6.92 Å². The van der Waals surface area contributed by atoms with Crippen LogP contribution in [-0.2, 0) is 0 Å². The van der Waals surface area contributed by atoms with Gasteiger partial charge in [0.25, 0.3) is 5.91 Å². The van der Waals surface area contributed by atoms with Crippen LogP contribution in [0.25, 0.3) is 0 Å². The number of rotatable bonds is 2. The Hall–Kier alpha value is -1.76. The number of halogens is 1. The topological polar surface area (TPSA) is 83.6 Å². The van der Waals surface area contributed by atoms with Crippen molar-refractivity contribution in [1.29, 1.82) is 0 Å². The number of carbonyl (C=O) groups is 1. The molecule has 0 spiro atoms. The molecule has 0 saturated heterocycles. The van der Waals surface area contributed by atoms with Crippen molar-refractivity contribution in [3.8, 4) is 0 Å². The van der Waals surface area contributed by atoms with Gasteiger partial charge in [0.2, 0.25) is 0 Å². The molecule has 82 valence electrons. The summed E-state index contributed by atoms with van der Waals surface area (Å²) in [6, 6.07) is 1.81. The third kappa shape index (κ3) is 2.25. The molecule has 2 aromatic rings. The fourth-order valence-electron chi connectivity index (χ4n) is 1.13. The lowest BCUT2D eigenvalue weighted by Gasteiger charge is -2.04. The van der Waals surface area contributed by atoms with E-state index in [9.17, 15) is 4.79 Å². The van der Waals surface area contributed by atoms with Crippen LogP contribution in [0.2, 0.25) is 0 Å². The van der Waals surface area contributed by atoms with Crippen LogP contribution >= 0.6 is 15.9 Å². The maximum absolute atomic E-state index is 11.6. The van der Waals surface area contributed by atoms with Crippen LogP contribution in [0.15, 0.2) is 23.1 Å². The van der Waals surface area contributed by atoms with Crippen LogP contribution in [0.4, 0.5) is 5.69 Å². The molecule has 2 aromatic heterocycles. The third-order valence-electron chi connectivity index (χ3n) is 1.92. The van der Waals surface area contributed by atoms with Gasteiger partial charge in [-0.1, -0.05) is 0 Å². The average Bonchev–Trinajstić information content (AvgIpc) is 2.77. The zero-order chi connectivity index (χ0) is 11.5. The first-order chi connectivity index (χ1) is 7.66. The van der Waals surface area contributed by atoms with Crippen molar-refractivity contribution in [3.05, 3.63) is 34.3 Å². The second kappa shape index (κ2) is 4.40. The van der Waals surface area contributed by atoms with E-state index in [0.717, 1.165) is 10.2 Å². The van der Waals surface area contributed by atoms with Crippen LogP contribution in [0.5, 0.6) is 0 Å². The van der Waals surface area contributed by atoms with Crippen molar-refractivity contribution < 1.29 is 4.79 Å². The van der Waals surface area contributed by atoms with Gasteiger partial charge in [0.15, 0.2) is 5.69 Å². The number of aromatic amines is 1. The van der Waals surface area contributed by atoms with Crippen LogP contribution in [0.3, 0.4) is 0 Å². The zero-order valence-electron chi connectivity index (χ0n) is 8.36. The molecule has 0 unspecified atom stereocenters. The van der Waals surface area contributed by atoms with Crippen LogP contribution < -0.4 is 5.32 Å². The SMILES string of the molecule is Cc1cc(NC(=O)c2cn[nH]n2)cnc1Br. The van der Waals surface area contributed by atoms with E-state index in [1.807, 2.05) is 13.0 Å². The third-order valence-corrected chi connectivity index (χ3v) is 2.75. The maximum atomic E-state index is 11.6. The fraction of sp³-hybridized carbons (Fsp3) is 0.111. The van der Waals surface area contributed by atoms with Gasteiger partial charge in [-0.25, -0.2) is 4.98 Å². The lowest BCUT2D eigenvalue weighted by Crippen LogP contribution is -2.12. The van der Waals surface area contributed by atoms with Crippen molar-refractivity contribution in [3.63, 3.8) is 0 Å². The number of pyridine rings is 1. The Morgan fingerprint density at radius 3 is 2.94 bits per heavy atom. The molecule has 6 nitrogen and oxygen atoms in total. The molecular weight excluding hydrogens is 274 g/mol. The van der Waals surface area contributed by atoms with E-state index in [-0.39, 0.29) is 11.6 Å². The summed E-state index contributed by atoms with van der Waals surface area (Å²) in [6.45, 7) is 1.89. The molecule has 0 aliphatic heterocycles. The fourth-order valence-corrected chi connectivity index (χ4v) is 1.35. The van der Waals surface area contributed by atoms with E-state index >= 15 is 0 Å². The van der Waals surface area contributed by atoms with Gasteiger partial charge in [-0.05, 0) is 34.5 Å². The van der Waals surface area contributed by atoms with Gasteiger partial charge in [-0.15, -0.1) is 0 Å². The van der Waals surface area contributed by atoms with Crippen LogP contribution in [-0.4, -0.2) is 26.3 Å². The quantitative estimate of drug-likeness (QED) is 0.818. The molecule has 1 amide bonds. The molecule has 2 rings (SSSR count). The smallest absolute Gasteiger partial charge is 0.277 e. The van der Waals surface area contributed by atoms with Crippen molar-refractivity contribution in [2.75, 3.05) is 5.32 Å². The highest BCUT2D eigenvalue weighted by Crippen LogP contribution is 2.16. The number of carbonyl (C=O) groups excluding carboxylic acids is 1. The number of nitrogens with zero attached hydrogens (tertiary/aromatic N) is 3. The second-order valence-corrected chi connectivity index (χ2v) is 3.89. The molecule has 0 aliphatic carbocycles. The Bertz CT molecular complexity index is 511. The first kappa shape index (κ1) is 10.7. The summed E-state index contributed by atoms with van der Waals surface area (Å²) in [5.74, 6) is -0.322. The number of hydrogen-bond acceptors (Lipinski definition) is 4. The first-order valence-electron chi connectivity index (χ1n) is 4.46. The van der Waals surface area contributed by atoms with Crippen molar-refractivity contribution in [1.82, 2.24) is 20.4 Å². The van der Waals surface area contributed by atoms with Gasteiger partial charge in [-0.3, -0.25) is 4.79 Å². The summed E-state index contributed by atoms with van der Waals surface area (Å²) in [4.78, 5) is 15.7. The summed E-state index contributed by atoms with van der Waals surface area (Å²) in [5, 5.41) is 12.3. The highest BCUT2D eigenvalue weighted by Gasteiger charge is 2.09. The number of hydrogen-bond donors (Lipinski definition) is 2. The molecule has 0 aliphatic rings. The number of aromatic nitrogens is 4. The normalized spacial score (nSPS) is 10.1. The standard InChI is InChI=1S/C9H8BrN5O/c1-5-2-6(3-11-8(5)10)13-9(16)7-4-12-15-14-7/h2-4H,1H3,(H,13,16)(H,12,14,15). The Kier molecular flexibility index (Phi) is 2.95. The van der Waals surface area contributed by atoms with Crippen LogP contribution in [0.1, 0.15) is 16.1 Å². The second-order valence-electron chi connectivity index (χ2n) is 3.14. The summed E-state index contributed by atoms with van der Waals surface area (Å²) in [6.07, 6.45) is 2.92. The summed E-state index contributed by atoms with van der Waals surface area (Å²) in [7, 11) is 0. The number of H-pyrrole nitrogens is 1. The van der Waals surface area contributed by atoms with E-state index in [4.69, 9.17) is 0 Å². The lowest BCUT2D eigenvalue weighted by atomic mass is 10.3.